The van der Waals surface area contributed by atoms with Gasteiger partial charge in [-0.05, 0) is 40.2 Å². The van der Waals surface area contributed by atoms with Gasteiger partial charge in [-0.15, -0.1) is 0 Å². The third-order valence-corrected chi connectivity index (χ3v) is 3.21. The van der Waals surface area contributed by atoms with E-state index in [-0.39, 0.29) is 24.4 Å². The van der Waals surface area contributed by atoms with Gasteiger partial charge in [0.25, 0.3) is 0 Å². The molecule has 98 valence electrons. The lowest BCUT2D eigenvalue weighted by Gasteiger charge is -2.06. The summed E-state index contributed by atoms with van der Waals surface area (Å²) in [6, 6.07) is 13.9. The number of carbonyl (C=O) groups is 1. The van der Waals surface area contributed by atoms with Crippen molar-refractivity contribution >= 4 is 21.7 Å². The Morgan fingerprint density at radius 2 is 1.84 bits per heavy atom. The summed E-state index contributed by atoms with van der Waals surface area (Å²) in [6.45, 7) is 0.231. The van der Waals surface area contributed by atoms with E-state index in [1.54, 1.807) is 12.1 Å². The molecule has 0 unspecified atom stereocenters. The van der Waals surface area contributed by atoms with Crippen LogP contribution in [0.2, 0.25) is 0 Å². The number of benzene rings is 2. The summed E-state index contributed by atoms with van der Waals surface area (Å²) in [5, 5.41) is 0. The molecule has 0 radical (unpaired) electrons. The standard InChI is InChI=1S/C15H12BrFO2/c16-13-8-4-7-12(15(13)17)14(18)9-10-19-11-5-2-1-3-6-11/h1-8H,9-10H2. The third-order valence-electron chi connectivity index (χ3n) is 2.59. The highest BCUT2D eigenvalue weighted by molar-refractivity contribution is 9.10. The molecule has 19 heavy (non-hydrogen) atoms. The van der Waals surface area contributed by atoms with Crippen molar-refractivity contribution in [1.82, 2.24) is 0 Å². The van der Waals surface area contributed by atoms with Crippen LogP contribution in [-0.4, -0.2) is 12.4 Å². The Labute approximate surface area is 119 Å². The molecule has 0 spiro atoms. The molecular weight excluding hydrogens is 311 g/mol. The lowest BCUT2D eigenvalue weighted by atomic mass is 10.1. The monoisotopic (exact) mass is 322 g/mol. The molecule has 0 aromatic heterocycles. The average molecular weight is 323 g/mol. The van der Waals surface area contributed by atoms with Gasteiger partial charge in [0, 0.05) is 6.42 Å². The van der Waals surface area contributed by atoms with Gasteiger partial charge in [-0.25, -0.2) is 4.39 Å². The molecule has 0 amide bonds. The van der Waals surface area contributed by atoms with Crippen LogP contribution >= 0.6 is 15.9 Å². The highest BCUT2D eigenvalue weighted by Crippen LogP contribution is 2.19. The quantitative estimate of drug-likeness (QED) is 0.769. The number of hydrogen-bond donors (Lipinski definition) is 0. The van der Waals surface area contributed by atoms with Crippen LogP contribution in [-0.2, 0) is 0 Å². The Balaban J connectivity index is 1.93. The van der Waals surface area contributed by atoms with Crippen molar-refractivity contribution in [2.45, 2.75) is 6.42 Å². The number of halogens is 2. The second-order valence-electron chi connectivity index (χ2n) is 3.94. The molecule has 2 aromatic rings. The van der Waals surface area contributed by atoms with E-state index >= 15 is 0 Å². The van der Waals surface area contributed by atoms with Gasteiger partial charge in [0.15, 0.2) is 5.78 Å². The number of para-hydroxylation sites is 1. The van der Waals surface area contributed by atoms with Gasteiger partial charge < -0.3 is 4.74 Å². The van der Waals surface area contributed by atoms with E-state index in [0.717, 1.165) is 0 Å². The number of ketones is 1. The minimum Gasteiger partial charge on any atom is -0.493 e. The zero-order chi connectivity index (χ0) is 13.7. The number of hydrogen-bond acceptors (Lipinski definition) is 2. The molecule has 0 aliphatic rings. The molecule has 2 rings (SSSR count). The summed E-state index contributed by atoms with van der Waals surface area (Å²) in [5.74, 6) is -0.0908. The number of rotatable bonds is 5. The number of ether oxygens (including phenoxy) is 1. The number of Topliss-reactive ketones (excluding diaryl/α,β-unsaturated/α-hetero) is 1. The van der Waals surface area contributed by atoms with Crippen LogP contribution < -0.4 is 4.74 Å². The van der Waals surface area contributed by atoms with Crippen LogP contribution in [0.3, 0.4) is 0 Å². The summed E-state index contributed by atoms with van der Waals surface area (Å²) in [4.78, 5) is 11.9. The topological polar surface area (TPSA) is 26.3 Å². The predicted molar refractivity (Wildman–Crippen MR) is 75.0 cm³/mol. The van der Waals surface area contributed by atoms with E-state index in [4.69, 9.17) is 4.74 Å². The first-order valence-corrected chi connectivity index (χ1v) is 6.63. The molecule has 0 saturated carbocycles. The lowest BCUT2D eigenvalue weighted by Crippen LogP contribution is -2.08. The lowest BCUT2D eigenvalue weighted by molar-refractivity contribution is 0.0958. The summed E-state index contributed by atoms with van der Waals surface area (Å²) >= 11 is 3.06. The van der Waals surface area contributed by atoms with Gasteiger partial charge in [0.2, 0.25) is 0 Å². The minimum atomic E-state index is -0.521. The van der Waals surface area contributed by atoms with Gasteiger partial charge in [0.05, 0.1) is 16.6 Å². The van der Waals surface area contributed by atoms with Crippen LogP contribution in [0.4, 0.5) is 4.39 Å². The molecule has 0 fully saturated rings. The molecule has 0 aliphatic carbocycles. The van der Waals surface area contributed by atoms with E-state index < -0.39 is 5.82 Å². The minimum absolute atomic E-state index is 0.0889. The first-order chi connectivity index (χ1) is 9.18. The van der Waals surface area contributed by atoms with Crippen LogP contribution in [0, 0.1) is 5.82 Å². The summed E-state index contributed by atoms with van der Waals surface area (Å²) < 4.78 is 19.4. The average Bonchev–Trinajstić information content (AvgIpc) is 2.43. The predicted octanol–water partition coefficient (Wildman–Crippen LogP) is 4.24. The fraction of sp³-hybridized carbons (Fsp3) is 0.133. The zero-order valence-corrected chi connectivity index (χ0v) is 11.7. The maximum atomic E-state index is 13.7. The first kappa shape index (κ1) is 13.7. The Morgan fingerprint density at radius 3 is 2.58 bits per heavy atom. The van der Waals surface area contributed by atoms with Crippen molar-refractivity contribution in [1.29, 1.82) is 0 Å². The largest absolute Gasteiger partial charge is 0.493 e. The Morgan fingerprint density at radius 1 is 1.11 bits per heavy atom. The first-order valence-electron chi connectivity index (χ1n) is 5.83. The van der Waals surface area contributed by atoms with Gasteiger partial charge in [-0.2, -0.15) is 0 Å². The van der Waals surface area contributed by atoms with Crippen LogP contribution in [0.15, 0.2) is 53.0 Å². The van der Waals surface area contributed by atoms with E-state index in [2.05, 4.69) is 15.9 Å². The van der Waals surface area contributed by atoms with Crippen LogP contribution in [0.25, 0.3) is 0 Å². The van der Waals surface area contributed by atoms with Crippen molar-refractivity contribution < 1.29 is 13.9 Å². The van der Waals surface area contributed by atoms with Gasteiger partial charge in [-0.3, -0.25) is 4.79 Å². The summed E-state index contributed by atoms with van der Waals surface area (Å²) in [7, 11) is 0. The van der Waals surface area contributed by atoms with Gasteiger partial charge in [-0.1, -0.05) is 24.3 Å². The highest BCUT2D eigenvalue weighted by atomic mass is 79.9. The van der Waals surface area contributed by atoms with E-state index in [1.807, 2.05) is 30.3 Å². The second-order valence-corrected chi connectivity index (χ2v) is 4.79. The molecular formula is C15H12BrFO2. The Bertz CT molecular complexity index is 570. The summed E-state index contributed by atoms with van der Waals surface area (Å²) in [5.41, 5.74) is 0.0889. The van der Waals surface area contributed by atoms with Crippen molar-refractivity contribution in [3.05, 3.63) is 64.4 Å². The molecule has 0 bridgehead atoms. The number of carbonyl (C=O) groups excluding carboxylic acids is 1. The Hall–Kier alpha value is -1.68. The SMILES string of the molecule is O=C(CCOc1ccccc1)c1cccc(Br)c1F. The van der Waals surface area contributed by atoms with E-state index in [0.29, 0.717) is 10.2 Å². The third kappa shape index (κ3) is 3.64. The maximum Gasteiger partial charge on any atom is 0.169 e. The normalized spacial score (nSPS) is 10.2. The van der Waals surface area contributed by atoms with Crippen LogP contribution in [0.1, 0.15) is 16.8 Å². The summed E-state index contributed by atoms with van der Waals surface area (Å²) in [6.07, 6.45) is 0.141. The van der Waals surface area contributed by atoms with Crippen molar-refractivity contribution in [2.75, 3.05) is 6.61 Å². The molecule has 0 N–H and O–H groups in total. The fourth-order valence-electron chi connectivity index (χ4n) is 1.63. The van der Waals surface area contributed by atoms with Crippen LogP contribution in [0.5, 0.6) is 5.75 Å². The fourth-order valence-corrected chi connectivity index (χ4v) is 2.00. The molecule has 0 heterocycles. The maximum absolute atomic E-state index is 13.7. The van der Waals surface area contributed by atoms with Crippen molar-refractivity contribution in [3.63, 3.8) is 0 Å². The van der Waals surface area contributed by atoms with Crippen molar-refractivity contribution in [3.8, 4) is 5.75 Å². The van der Waals surface area contributed by atoms with Gasteiger partial charge >= 0.3 is 0 Å². The Kier molecular flexibility index (Phi) is 4.68. The molecule has 2 aromatic carbocycles. The van der Waals surface area contributed by atoms with Gasteiger partial charge in [0.1, 0.15) is 11.6 Å². The smallest absolute Gasteiger partial charge is 0.169 e. The van der Waals surface area contributed by atoms with E-state index in [9.17, 15) is 9.18 Å². The molecule has 0 aliphatic heterocycles. The molecule has 4 heteroatoms. The zero-order valence-electron chi connectivity index (χ0n) is 10.1. The highest BCUT2D eigenvalue weighted by Gasteiger charge is 2.13. The van der Waals surface area contributed by atoms with E-state index in [1.165, 1.54) is 6.07 Å². The molecule has 0 atom stereocenters. The second kappa shape index (κ2) is 6.48. The van der Waals surface area contributed by atoms with Crippen molar-refractivity contribution in [2.24, 2.45) is 0 Å². The molecule has 2 nitrogen and oxygen atoms in total. The molecule has 0 saturated heterocycles.